The number of amides is 2. The van der Waals surface area contributed by atoms with Crippen molar-refractivity contribution in [3.63, 3.8) is 0 Å². The van der Waals surface area contributed by atoms with Gasteiger partial charge >= 0.3 is 0 Å². The van der Waals surface area contributed by atoms with Gasteiger partial charge in [-0.3, -0.25) is 9.59 Å². The van der Waals surface area contributed by atoms with Crippen LogP contribution in [0.1, 0.15) is 28.9 Å². The largest absolute Gasteiger partial charge is 0.340 e. The Morgan fingerprint density at radius 1 is 1.44 bits per heavy atom. The van der Waals surface area contributed by atoms with Crippen LogP contribution < -0.4 is 0 Å². The molecule has 0 N–H and O–H groups in total. The number of benzene rings is 1. The lowest BCUT2D eigenvalue weighted by molar-refractivity contribution is -0.149. The number of fused-ring (bicyclic) bond motifs is 3. The second-order valence-electron chi connectivity index (χ2n) is 6.38. The third-order valence-electron chi connectivity index (χ3n) is 4.74. The molecular formula is C17H17ClN4O3. The minimum atomic E-state index is -0.178. The average molecular weight is 361 g/mol. The first-order valence-corrected chi connectivity index (χ1v) is 8.54. The summed E-state index contributed by atoms with van der Waals surface area (Å²) in [7, 11) is 0. The van der Waals surface area contributed by atoms with Gasteiger partial charge in [-0.15, -0.1) is 0 Å². The van der Waals surface area contributed by atoms with E-state index in [1.807, 2.05) is 23.1 Å². The van der Waals surface area contributed by atoms with Crippen LogP contribution in [0.25, 0.3) is 0 Å². The van der Waals surface area contributed by atoms with Gasteiger partial charge in [0, 0.05) is 25.0 Å². The molecular weight excluding hydrogens is 344 g/mol. The number of nitrogens with zero attached hydrogens (tertiary/aromatic N) is 4. The van der Waals surface area contributed by atoms with Crippen LogP contribution in [0, 0.1) is 6.92 Å². The highest BCUT2D eigenvalue weighted by molar-refractivity contribution is 6.30. The molecule has 7 nitrogen and oxygen atoms in total. The molecule has 1 saturated heterocycles. The van der Waals surface area contributed by atoms with E-state index >= 15 is 0 Å². The van der Waals surface area contributed by atoms with E-state index in [1.54, 1.807) is 11.8 Å². The van der Waals surface area contributed by atoms with Crippen molar-refractivity contribution in [3.05, 3.63) is 46.1 Å². The molecule has 2 aliphatic rings. The van der Waals surface area contributed by atoms with Crippen LogP contribution in [0.3, 0.4) is 0 Å². The van der Waals surface area contributed by atoms with Gasteiger partial charge in [0.05, 0.1) is 19.0 Å². The van der Waals surface area contributed by atoms with Crippen molar-refractivity contribution in [2.24, 2.45) is 0 Å². The third-order valence-corrected chi connectivity index (χ3v) is 4.97. The van der Waals surface area contributed by atoms with Crippen molar-refractivity contribution in [2.45, 2.75) is 25.8 Å². The van der Waals surface area contributed by atoms with E-state index in [0.717, 1.165) is 12.0 Å². The zero-order valence-corrected chi connectivity index (χ0v) is 14.5. The van der Waals surface area contributed by atoms with Crippen LogP contribution in [0.15, 0.2) is 22.7 Å². The molecule has 0 radical (unpaired) electrons. The summed E-state index contributed by atoms with van der Waals surface area (Å²) in [5.41, 5.74) is 2.21. The van der Waals surface area contributed by atoms with Gasteiger partial charge in [-0.2, -0.15) is 4.98 Å². The highest BCUT2D eigenvalue weighted by Crippen LogP contribution is 2.34. The maximum Gasteiger partial charge on any atom is 0.242 e. The van der Waals surface area contributed by atoms with Crippen molar-refractivity contribution in [3.8, 4) is 0 Å². The first-order chi connectivity index (χ1) is 12.0. The molecule has 3 heterocycles. The highest BCUT2D eigenvalue weighted by Gasteiger charge is 2.38. The molecule has 1 atom stereocenters. The van der Waals surface area contributed by atoms with E-state index < -0.39 is 0 Å². The minimum Gasteiger partial charge on any atom is -0.340 e. The molecule has 1 aromatic carbocycles. The maximum atomic E-state index is 12.6. The topological polar surface area (TPSA) is 79.5 Å². The van der Waals surface area contributed by atoms with E-state index in [4.69, 9.17) is 16.1 Å². The van der Waals surface area contributed by atoms with Crippen LogP contribution in [-0.2, 0) is 22.4 Å². The molecule has 0 bridgehead atoms. The predicted octanol–water partition coefficient (Wildman–Crippen LogP) is 1.54. The van der Waals surface area contributed by atoms with Gasteiger partial charge in [-0.1, -0.05) is 22.8 Å². The van der Waals surface area contributed by atoms with Gasteiger partial charge in [0.1, 0.15) is 0 Å². The van der Waals surface area contributed by atoms with Crippen molar-refractivity contribution in [2.75, 3.05) is 19.6 Å². The number of halogens is 1. The summed E-state index contributed by atoms with van der Waals surface area (Å²) in [6.07, 6.45) is 0.838. The van der Waals surface area contributed by atoms with Gasteiger partial charge in [0.25, 0.3) is 0 Å². The second-order valence-corrected chi connectivity index (χ2v) is 6.81. The highest BCUT2D eigenvalue weighted by atomic mass is 35.5. The number of aromatic nitrogens is 2. The molecule has 2 amide bonds. The van der Waals surface area contributed by atoms with Crippen LogP contribution in [0.2, 0.25) is 5.02 Å². The Labute approximate surface area is 149 Å². The molecule has 130 valence electrons. The van der Waals surface area contributed by atoms with E-state index in [2.05, 4.69) is 10.1 Å². The molecule has 1 unspecified atom stereocenters. The fourth-order valence-electron chi connectivity index (χ4n) is 3.54. The molecule has 0 aliphatic carbocycles. The maximum absolute atomic E-state index is 12.6. The van der Waals surface area contributed by atoms with Crippen LogP contribution >= 0.6 is 11.6 Å². The molecule has 8 heteroatoms. The number of piperazine rings is 1. The summed E-state index contributed by atoms with van der Waals surface area (Å²) in [4.78, 5) is 32.6. The number of hydrogen-bond donors (Lipinski definition) is 0. The van der Waals surface area contributed by atoms with E-state index in [0.29, 0.717) is 29.8 Å². The number of rotatable bonds is 2. The van der Waals surface area contributed by atoms with E-state index in [-0.39, 0.29) is 30.8 Å². The van der Waals surface area contributed by atoms with Crippen molar-refractivity contribution >= 4 is 23.4 Å². The quantitative estimate of drug-likeness (QED) is 0.811. The summed E-state index contributed by atoms with van der Waals surface area (Å²) < 4.78 is 4.90. The fourth-order valence-corrected chi connectivity index (χ4v) is 3.72. The number of carbonyl (C=O) groups excluding carboxylic acids is 2. The van der Waals surface area contributed by atoms with E-state index in [1.165, 1.54) is 5.56 Å². The van der Waals surface area contributed by atoms with Gasteiger partial charge in [0.15, 0.2) is 5.82 Å². The Kier molecular flexibility index (Phi) is 3.95. The number of hydrogen-bond acceptors (Lipinski definition) is 5. The smallest absolute Gasteiger partial charge is 0.242 e. The number of carbonyl (C=O) groups is 2. The first-order valence-electron chi connectivity index (χ1n) is 8.16. The molecule has 1 aromatic heterocycles. The third kappa shape index (κ3) is 3.00. The number of aryl methyl sites for hydroxylation is 1. The molecule has 0 saturated carbocycles. The zero-order chi connectivity index (χ0) is 17.6. The second kappa shape index (κ2) is 6.15. The molecule has 0 spiro atoms. The van der Waals surface area contributed by atoms with Crippen LogP contribution in [0.5, 0.6) is 0 Å². The fraction of sp³-hybridized carbons (Fsp3) is 0.412. The van der Waals surface area contributed by atoms with Gasteiger partial charge < -0.3 is 14.3 Å². The Morgan fingerprint density at radius 3 is 3.04 bits per heavy atom. The van der Waals surface area contributed by atoms with Crippen LogP contribution in [-0.4, -0.2) is 51.4 Å². The monoisotopic (exact) mass is 360 g/mol. The predicted molar refractivity (Wildman–Crippen MR) is 88.9 cm³/mol. The summed E-state index contributed by atoms with van der Waals surface area (Å²) in [6.45, 7) is 2.88. The summed E-state index contributed by atoms with van der Waals surface area (Å²) in [5, 5.41) is 4.39. The Hall–Kier alpha value is -2.41. The zero-order valence-electron chi connectivity index (χ0n) is 13.7. The molecule has 1 fully saturated rings. The first kappa shape index (κ1) is 16.1. The Balaban J connectivity index is 1.57. The van der Waals surface area contributed by atoms with Crippen molar-refractivity contribution in [1.29, 1.82) is 0 Å². The standard InChI is InChI=1S/C17H17ClN4O3/c1-10-19-15(20-25-10)7-16(23)21-8-14-13-6-12(18)3-2-11(13)4-5-22(14)17(24)9-21/h2-3,6,14H,4-5,7-9H2,1H3. The minimum absolute atomic E-state index is 0.0275. The SMILES string of the molecule is Cc1nc(CC(=O)N2CC(=O)N3CCc4ccc(Cl)cc4C3C2)no1. The van der Waals surface area contributed by atoms with Crippen LogP contribution in [0.4, 0.5) is 0 Å². The summed E-state index contributed by atoms with van der Waals surface area (Å²) in [6, 6.07) is 5.61. The summed E-state index contributed by atoms with van der Waals surface area (Å²) >= 11 is 6.14. The van der Waals surface area contributed by atoms with Gasteiger partial charge in [-0.25, -0.2) is 0 Å². The normalized spacial score (nSPS) is 19.6. The van der Waals surface area contributed by atoms with Crippen molar-refractivity contribution < 1.29 is 14.1 Å². The molecule has 2 aromatic rings. The van der Waals surface area contributed by atoms with Gasteiger partial charge in [0.2, 0.25) is 17.7 Å². The summed E-state index contributed by atoms with van der Waals surface area (Å²) in [5.74, 6) is 0.534. The Bertz CT molecular complexity index is 850. The van der Waals surface area contributed by atoms with E-state index in [9.17, 15) is 9.59 Å². The lowest BCUT2D eigenvalue weighted by Gasteiger charge is -2.44. The van der Waals surface area contributed by atoms with Crippen molar-refractivity contribution in [1.82, 2.24) is 19.9 Å². The lowest BCUT2D eigenvalue weighted by atomic mass is 9.90. The molecule has 2 aliphatic heterocycles. The lowest BCUT2D eigenvalue weighted by Crippen LogP contribution is -2.56. The molecule has 25 heavy (non-hydrogen) atoms. The molecule has 4 rings (SSSR count). The Morgan fingerprint density at radius 2 is 2.28 bits per heavy atom. The average Bonchev–Trinajstić information content (AvgIpc) is 2.99. The van der Waals surface area contributed by atoms with Gasteiger partial charge in [-0.05, 0) is 29.7 Å².